The number of ether oxygens (including phenoxy) is 1. The number of hydrogen-bond acceptors (Lipinski definition) is 2. The Balaban J connectivity index is 4.23. The van der Waals surface area contributed by atoms with E-state index in [4.69, 9.17) is 11.2 Å². The molecule has 0 radical (unpaired) electrons. The van der Waals surface area contributed by atoms with Gasteiger partial charge in [-0.15, -0.1) is 12.3 Å². The van der Waals surface area contributed by atoms with Gasteiger partial charge in [-0.2, -0.15) is 0 Å². The third kappa shape index (κ3) is 4.64. The van der Waals surface area contributed by atoms with Crippen molar-refractivity contribution in [3.05, 3.63) is 0 Å². The van der Waals surface area contributed by atoms with E-state index in [9.17, 15) is 0 Å². The Bertz CT molecular complexity index is 181. The molecule has 82 valence electrons. The molecule has 0 saturated carbocycles. The molecule has 14 heavy (non-hydrogen) atoms. The predicted octanol–water partition coefficient (Wildman–Crippen LogP) is 2.19. The van der Waals surface area contributed by atoms with E-state index in [2.05, 4.69) is 32.0 Å². The number of terminal acetylenes is 1. The smallest absolute Gasteiger partial charge is 0.0787 e. The lowest BCUT2D eigenvalue weighted by Gasteiger charge is -2.33. The van der Waals surface area contributed by atoms with Gasteiger partial charge >= 0.3 is 0 Å². The van der Waals surface area contributed by atoms with Gasteiger partial charge in [-0.1, -0.05) is 6.92 Å². The van der Waals surface area contributed by atoms with Gasteiger partial charge in [0.1, 0.15) is 0 Å². The summed E-state index contributed by atoms with van der Waals surface area (Å²) < 4.78 is 5.68. The van der Waals surface area contributed by atoms with Gasteiger partial charge in [0.25, 0.3) is 0 Å². The van der Waals surface area contributed by atoms with Gasteiger partial charge in [0, 0.05) is 19.1 Å². The minimum Gasteiger partial charge on any atom is -0.374 e. The summed E-state index contributed by atoms with van der Waals surface area (Å²) in [6, 6.07) is 0.243. The maximum absolute atomic E-state index is 5.68. The Kier molecular flexibility index (Phi) is 6.61. The Labute approximate surface area is 88.4 Å². The molecule has 0 heterocycles. The molecular formula is C12H23NO. The molecule has 2 nitrogen and oxygen atoms in total. The van der Waals surface area contributed by atoms with E-state index in [-0.39, 0.29) is 11.6 Å². The third-order valence-corrected chi connectivity index (χ3v) is 2.32. The molecule has 0 aliphatic carbocycles. The first-order chi connectivity index (χ1) is 6.58. The van der Waals surface area contributed by atoms with Crippen LogP contribution in [0.15, 0.2) is 0 Å². The van der Waals surface area contributed by atoms with Gasteiger partial charge in [0.15, 0.2) is 0 Å². The second-order valence-electron chi connectivity index (χ2n) is 3.95. The van der Waals surface area contributed by atoms with Crippen molar-refractivity contribution in [2.75, 3.05) is 13.2 Å². The molecule has 0 spiro atoms. The van der Waals surface area contributed by atoms with E-state index in [1.54, 1.807) is 0 Å². The van der Waals surface area contributed by atoms with Gasteiger partial charge in [0.05, 0.1) is 5.60 Å². The van der Waals surface area contributed by atoms with Gasteiger partial charge < -0.3 is 10.1 Å². The lowest BCUT2D eigenvalue weighted by Crippen LogP contribution is -2.48. The molecule has 1 atom stereocenters. The van der Waals surface area contributed by atoms with E-state index in [1.165, 1.54) is 0 Å². The van der Waals surface area contributed by atoms with Crippen LogP contribution in [-0.4, -0.2) is 24.8 Å². The van der Waals surface area contributed by atoms with Crippen LogP contribution in [-0.2, 0) is 4.74 Å². The van der Waals surface area contributed by atoms with Gasteiger partial charge in [-0.05, 0) is 33.7 Å². The normalized spacial score (nSPS) is 13.6. The largest absolute Gasteiger partial charge is 0.374 e. The minimum atomic E-state index is -0.184. The minimum absolute atomic E-state index is 0.184. The van der Waals surface area contributed by atoms with Crippen LogP contribution in [0.4, 0.5) is 0 Å². The lowest BCUT2D eigenvalue weighted by atomic mass is 9.95. The third-order valence-electron chi connectivity index (χ3n) is 2.32. The highest BCUT2D eigenvalue weighted by atomic mass is 16.5. The van der Waals surface area contributed by atoms with Gasteiger partial charge in [-0.3, -0.25) is 0 Å². The summed E-state index contributed by atoms with van der Waals surface area (Å²) in [5, 5.41) is 3.43. The first-order valence-corrected chi connectivity index (χ1v) is 5.39. The van der Waals surface area contributed by atoms with Crippen LogP contribution in [0.2, 0.25) is 0 Å². The monoisotopic (exact) mass is 197 g/mol. The fourth-order valence-electron chi connectivity index (χ4n) is 1.47. The molecule has 0 saturated heterocycles. The average Bonchev–Trinajstić information content (AvgIpc) is 2.11. The van der Waals surface area contributed by atoms with E-state index in [0.717, 1.165) is 19.6 Å². The van der Waals surface area contributed by atoms with Crippen LogP contribution in [0, 0.1) is 12.3 Å². The van der Waals surface area contributed by atoms with Crippen molar-refractivity contribution in [3.8, 4) is 12.3 Å². The molecule has 0 bridgehead atoms. The molecule has 0 fully saturated rings. The fraction of sp³-hybridized carbons (Fsp3) is 0.833. The molecule has 1 N–H and O–H groups in total. The van der Waals surface area contributed by atoms with Gasteiger partial charge in [0.2, 0.25) is 0 Å². The summed E-state index contributed by atoms with van der Waals surface area (Å²) in [5.74, 6) is 2.70. The summed E-state index contributed by atoms with van der Waals surface area (Å²) in [6.45, 7) is 10.0. The van der Waals surface area contributed by atoms with Crippen LogP contribution in [0.3, 0.4) is 0 Å². The molecule has 0 aromatic heterocycles. The van der Waals surface area contributed by atoms with Crippen LogP contribution < -0.4 is 5.32 Å². The van der Waals surface area contributed by atoms with Crippen molar-refractivity contribution in [2.45, 2.75) is 52.2 Å². The summed E-state index contributed by atoms with van der Waals surface area (Å²) in [6.07, 6.45) is 7.18. The Morgan fingerprint density at radius 1 is 1.43 bits per heavy atom. The second-order valence-corrected chi connectivity index (χ2v) is 3.95. The van der Waals surface area contributed by atoms with E-state index in [1.807, 2.05) is 6.92 Å². The second kappa shape index (κ2) is 6.86. The SMILES string of the molecule is C#CCC(NCCC)C(C)(C)OCC. The molecule has 0 aliphatic rings. The molecule has 0 aromatic rings. The summed E-state index contributed by atoms with van der Waals surface area (Å²) in [7, 11) is 0. The van der Waals surface area contributed by atoms with E-state index in [0.29, 0.717) is 6.42 Å². The Morgan fingerprint density at radius 2 is 2.07 bits per heavy atom. The topological polar surface area (TPSA) is 21.3 Å². The molecular weight excluding hydrogens is 174 g/mol. The predicted molar refractivity (Wildman–Crippen MR) is 61.2 cm³/mol. The van der Waals surface area contributed by atoms with E-state index < -0.39 is 0 Å². The zero-order valence-corrected chi connectivity index (χ0v) is 9.89. The molecule has 0 amide bonds. The van der Waals surface area contributed by atoms with Crippen molar-refractivity contribution in [2.24, 2.45) is 0 Å². The van der Waals surface area contributed by atoms with Crippen molar-refractivity contribution in [1.82, 2.24) is 5.32 Å². The summed E-state index contributed by atoms with van der Waals surface area (Å²) in [4.78, 5) is 0. The Hall–Kier alpha value is -0.520. The standard InChI is InChI=1S/C12H23NO/c1-6-9-11(13-10-7-2)12(4,5)14-8-3/h1,11,13H,7-10H2,2-5H3. The molecule has 0 aliphatic heterocycles. The zero-order valence-electron chi connectivity index (χ0n) is 9.89. The highest BCUT2D eigenvalue weighted by molar-refractivity contribution is 4.97. The summed E-state index contributed by atoms with van der Waals surface area (Å²) in [5.41, 5.74) is -0.184. The molecule has 0 aromatic carbocycles. The zero-order chi connectivity index (χ0) is 11.0. The summed E-state index contributed by atoms with van der Waals surface area (Å²) >= 11 is 0. The fourth-order valence-corrected chi connectivity index (χ4v) is 1.47. The first kappa shape index (κ1) is 13.5. The Morgan fingerprint density at radius 3 is 2.50 bits per heavy atom. The number of rotatable bonds is 7. The van der Waals surface area contributed by atoms with E-state index >= 15 is 0 Å². The average molecular weight is 197 g/mol. The van der Waals surface area contributed by atoms with Crippen molar-refractivity contribution < 1.29 is 4.74 Å². The van der Waals surface area contributed by atoms with Crippen LogP contribution >= 0.6 is 0 Å². The first-order valence-electron chi connectivity index (χ1n) is 5.39. The quantitative estimate of drug-likeness (QED) is 0.632. The highest BCUT2D eigenvalue weighted by Gasteiger charge is 2.28. The van der Waals surface area contributed by atoms with Gasteiger partial charge in [-0.25, -0.2) is 0 Å². The molecule has 2 heteroatoms. The maximum atomic E-state index is 5.68. The number of nitrogens with one attached hydrogen (secondary N) is 1. The highest BCUT2D eigenvalue weighted by Crippen LogP contribution is 2.17. The van der Waals surface area contributed by atoms with Crippen molar-refractivity contribution in [1.29, 1.82) is 0 Å². The van der Waals surface area contributed by atoms with Crippen LogP contribution in [0.25, 0.3) is 0 Å². The number of hydrogen-bond donors (Lipinski definition) is 1. The molecule has 0 rings (SSSR count). The maximum Gasteiger partial charge on any atom is 0.0787 e. The van der Waals surface area contributed by atoms with Crippen LogP contribution in [0.5, 0.6) is 0 Å². The van der Waals surface area contributed by atoms with Crippen molar-refractivity contribution in [3.63, 3.8) is 0 Å². The van der Waals surface area contributed by atoms with Crippen LogP contribution in [0.1, 0.15) is 40.5 Å². The molecule has 1 unspecified atom stereocenters. The lowest BCUT2D eigenvalue weighted by molar-refractivity contribution is -0.0368. The van der Waals surface area contributed by atoms with Crippen molar-refractivity contribution >= 4 is 0 Å².